The van der Waals surface area contributed by atoms with Gasteiger partial charge in [0.05, 0.1) is 19.5 Å². The lowest BCUT2D eigenvalue weighted by Gasteiger charge is -2.36. The Morgan fingerprint density at radius 2 is 2.00 bits per heavy atom. The number of nitriles is 1. The van der Waals surface area contributed by atoms with Crippen molar-refractivity contribution in [3.8, 4) is 11.8 Å². The van der Waals surface area contributed by atoms with Gasteiger partial charge in [-0.1, -0.05) is 12.1 Å². The molecule has 7 nitrogen and oxygen atoms in total. The minimum Gasteiger partial charge on any atom is -0.495 e. The molecule has 1 aromatic heterocycles. The van der Waals surface area contributed by atoms with Crippen molar-refractivity contribution in [2.75, 3.05) is 38.2 Å². The number of nitrogens with zero attached hydrogens (tertiary/aromatic N) is 6. The van der Waals surface area contributed by atoms with E-state index >= 15 is 0 Å². The highest BCUT2D eigenvalue weighted by atomic mass is 16.5. The molecule has 1 aliphatic heterocycles. The van der Waals surface area contributed by atoms with Gasteiger partial charge in [0.15, 0.2) is 0 Å². The van der Waals surface area contributed by atoms with Crippen LogP contribution in [0.25, 0.3) is 0 Å². The number of hydrogen-bond donors (Lipinski definition) is 0. The van der Waals surface area contributed by atoms with Gasteiger partial charge in [0, 0.05) is 26.2 Å². The van der Waals surface area contributed by atoms with Crippen molar-refractivity contribution in [3.63, 3.8) is 0 Å². The molecule has 1 aromatic carbocycles. The van der Waals surface area contributed by atoms with Crippen LogP contribution in [0.15, 0.2) is 30.6 Å². The van der Waals surface area contributed by atoms with Gasteiger partial charge in [-0.25, -0.2) is 0 Å². The fourth-order valence-corrected chi connectivity index (χ4v) is 2.68. The summed E-state index contributed by atoms with van der Waals surface area (Å²) in [4.78, 5) is 4.61. The first-order valence-electron chi connectivity index (χ1n) is 7.20. The lowest BCUT2D eigenvalue weighted by molar-refractivity contribution is 0.204. The second-order valence-electron chi connectivity index (χ2n) is 5.15. The van der Waals surface area contributed by atoms with Crippen molar-refractivity contribution in [2.24, 2.45) is 0 Å². The smallest absolute Gasteiger partial charge is 0.235 e. The fraction of sp³-hybridized carbons (Fsp3) is 0.400. The van der Waals surface area contributed by atoms with Crippen LogP contribution >= 0.6 is 0 Å². The number of benzene rings is 1. The van der Waals surface area contributed by atoms with Crippen molar-refractivity contribution in [2.45, 2.75) is 6.67 Å². The van der Waals surface area contributed by atoms with E-state index in [0.29, 0.717) is 12.5 Å². The van der Waals surface area contributed by atoms with E-state index in [1.165, 1.54) is 0 Å². The molecule has 2 aromatic rings. The molecule has 1 fully saturated rings. The molecular formula is C15H18N6O. The minimum absolute atomic E-state index is 0.354. The first-order valence-corrected chi connectivity index (χ1v) is 7.20. The molecule has 0 amide bonds. The number of methoxy groups -OCH3 is 1. The third-order valence-corrected chi connectivity index (χ3v) is 3.87. The van der Waals surface area contributed by atoms with Gasteiger partial charge in [-0.05, 0) is 12.1 Å². The van der Waals surface area contributed by atoms with Crippen LogP contribution in [0.2, 0.25) is 0 Å². The Labute approximate surface area is 129 Å². The molecule has 2 heterocycles. The summed E-state index contributed by atoms with van der Waals surface area (Å²) in [7, 11) is 1.70. The van der Waals surface area contributed by atoms with Crippen LogP contribution in [0.5, 0.6) is 5.75 Å². The van der Waals surface area contributed by atoms with E-state index in [1.807, 2.05) is 18.2 Å². The topological polar surface area (TPSA) is 70.2 Å². The number of ether oxygens (including phenoxy) is 1. The van der Waals surface area contributed by atoms with Crippen LogP contribution < -0.4 is 9.64 Å². The monoisotopic (exact) mass is 298 g/mol. The average Bonchev–Trinajstić information content (AvgIpc) is 3.02. The van der Waals surface area contributed by atoms with Crippen molar-refractivity contribution >= 4 is 5.69 Å². The predicted octanol–water partition coefficient (Wildman–Crippen LogP) is 0.938. The van der Waals surface area contributed by atoms with Gasteiger partial charge >= 0.3 is 0 Å². The minimum atomic E-state index is 0.354. The zero-order valence-electron chi connectivity index (χ0n) is 12.5. The first kappa shape index (κ1) is 14.4. The molecule has 7 heteroatoms. The van der Waals surface area contributed by atoms with Crippen LogP contribution in [-0.4, -0.2) is 53.0 Å². The lowest BCUT2D eigenvalue weighted by atomic mass is 10.2. The number of anilines is 1. The molecule has 0 spiro atoms. The predicted molar refractivity (Wildman–Crippen MR) is 81.5 cm³/mol. The Bertz CT molecular complexity index is 669. The molecule has 0 N–H and O–H groups in total. The fourth-order valence-electron chi connectivity index (χ4n) is 2.68. The third kappa shape index (κ3) is 2.87. The van der Waals surface area contributed by atoms with Crippen LogP contribution in [0, 0.1) is 11.3 Å². The zero-order chi connectivity index (χ0) is 15.4. The summed E-state index contributed by atoms with van der Waals surface area (Å²) in [6.45, 7) is 4.33. The summed E-state index contributed by atoms with van der Waals surface area (Å²) in [6, 6.07) is 10.1. The maximum atomic E-state index is 8.97. The van der Waals surface area contributed by atoms with Crippen molar-refractivity contribution < 1.29 is 4.74 Å². The summed E-state index contributed by atoms with van der Waals surface area (Å²) >= 11 is 0. The zero-order valence-corrected chi connectivity index (χ0v) is 12.5. The summed E-state index contributed by atoms with van der Waals surface area (Å²) < 4.78 is 7.21. The number of rotatable bonds is 4. The number of para-hydroxylation sites is 2. The third-order valence-electron chi connectivity index (χ3n) is 3.87. The molecule has 1 saturated heterocycles. The summed E-state index contributed by atoms with van der Waals surface area (Å²) in [6.07, 6.45) is 1.60. The van der Waals surface area contributed by atoms with Gasteiger partial charge in [0.2, 0.25) is 5.82 Å². The van der Waals surface area contributed by atoms with E-state index in [1.54, 1.807) is 18.0 Å². The maximum absolute atomic E-state index is 8.97. The Morgan fingerprint density at radius 1 is 1.23 bits per heavy atom. The van der Waals surface area contributed by atoms with E-state index in [2.05, 4.69) is 32.1 Å². The van der Waals surface area contributed by atoms with E-state index in [0.717, 1.165) is 37.6 Å². The maximum Gasteiger partial charge on any atom is 0.235 e. The molecule has 0 saturated carbocycles. The highest BCUT2D eigenvalue weighted by molar-refractivity contribution is 5.58. The molecule has 3 rings (SSSR count). The molecular weight excluding hydrogens is 280 g/mol. The second-order valence-corrected chi connectivity index (χ2v) is 5.15. The SMILES string of the molecule is COc1ccccc1N1CCN(Cn2cnnc2C#N)CC1. The quantitative estimate of drug-likeness (QED) is 0.836. The van der Waals surface area contributed by atoms with E-state index in [9.17, 15) is 0 Å². The molecule has 0 aliphatic carbocycles. The Balaban J connectivity index is 1.62. The molecule has 0 bridgehead atoms. The molecule has 22 heavy (non-hydrogen) atoms. The molecule has 0 unspecified atom stereocenters. The van der Waals surface area contributed by atoms with Crippen LogP contribution in [0.1, 0.15) is 5.82 Å². The Morgan fingerprint density at radius 3 is 2.73 bits per heavy atom. The Hall–Kier alpha value is -2.59. The first-order chi connectivity index (χ1) is 10.8. The van der Waals surface area contributed by atoms with Crippen LogP contribution in [-0.2, 0) is 6.67 Å². The Kier molecular flexibility index (Phi) is 4.21. The van der Waals surface area contributed by atoms with Crippen molar-refractivity contribution in [1.82, 2.24) is 19.7 Å². The molecule has 1 aliphatic rings. The number of hydrogen-bond acceptors (Lipinski definition) is 6. The standard InChI is InChI=1S/C15H18N6O/c1-22-14-5-3-2-4-13(14)20-8-6-19(7-9-20)12-21-11-17-18-15(21)10-16/h2-5,11H,6-9,12H2,1H3. The average molecular weight is 298 g/mol. The largest absolute Gasteiger partial charge is 0.495 e. The summed E-state index contributed by atoms with van der Waals surface area (Å²) in [5.74, 6) is 1.26. The molecule has 0 radical (unpaired) electrons. The highest BCUT2D eigenvalue weighted by Crippen LogP contribution is 2.28. The van der Waals surface area contributed by atoms with E-state index in [-0.39, 0.29) is 0 Å². The van der Waals surface area contributed by atoms with Gasteiger partial charge < -0.3 is 9.64 Å². The highest BCUT2D eigenvalue weighted by Gasteiger charge is 2.20. The van der Waals surface area contributed by atoms with Crippen LogP contribution in [0.4, 0.5) is 5.69 Å². The van der Waals surface area contributed by atoms with Gasteiger partial charge in [0.1, 0.15) is 18.1 Å². The second kappa shape index (κ2) is 6.45. The normalized spacial score (nSPS) is 15.5. The van der Waals surface area contributed by atoms with Gasteiger partial charge in [-0.15, -0.1) is 10.2 Å². The molecule has 0 atom stereocenters. The number of piperazine rings is 1. The van der Waals surface area contributed by atoms with Gasteiger partial charge in [-0.2, -0.15) is 5.26 Å². The van der Waals surface area contributed by atoms with Crippen LogP contribution in [0.3, 0.4) is 0 Å². The van der Waals surface area contributed by atoms with E-state index < -0.39 is 0 Å². The van der Waals surface area contributed by atoms with Gasteiger partial charge in [0.25, 0.3) is 0 Å². The van der Waals surface area contributed by atoms with E-state index in [4.69, 9.17) is 10.00 Å². The molecule has 114 valence electrons. The van der Waals surface area contributed by atoms with Crippen molar-refractivity contribution in [3.05, 3.63) is 36.4 Å². The van der Waals surface area contributed by atoms with Gasteiger partial charge in [-0.3, -0.25) is 9.47 Å². The van der Waals surface area contributed by atoms with Crippen molar-refractivity contribution in [1.29, 1.82) is 5.26 Å². The number of aromatic nitrogens is 3. The lowest BCUT2D eigenvalue weighted by Crippen LogP contribution is -2.47. The summed E-state index contributed by atoms with van der Waals surface area (Å²) in [5.41, 5.74) is 1.13. The summed E-state index contributed by atoms with van der Waals surface area (Å²) in [5, 5.41) is 16.5.